The molecule has 3 aromatic rings. The molecule has 0 radical (unpaired) electrons. The number of furan rings is 1. The number of carbonyl (C=O) groups excluding carboxylic acids is 1. The van der Waals surface area contributed by atoms with Crippen LogP contribution in [0.15, 0.2) is 35.1 Å². The lowest BCUT2D eigenvalue weighted by Gasteiger charge is -2.00. The van der Waals surface area contributed by atoms with Crippen LogP contribution in [0, 0.1) is 6.92 Å². The number of halogens is 3. The summed E-state index contributed by atoms with van der Waals surface area (Å²) >= 11 is 0.506. The molecule has 120 valence electrons. The van der Waals surface area contributed by atoms with Gasteiger partial charge in [-0.3, -0.25) is 4.79 Å². The second-order valence-corrected chi connectivity index (χ2v) is 6.38. The fourth-order valence-electron chi connectivity index (χ4n) is 2.30. The molecule has 0 spiro atoms. The van der Waals surface area contributed by atoms with E-state index in [1.54, 1.807) is 0 Å². The van der Waals surface area contributed by atoms with Gasteiger partial charge in [-0.1, -0.05) is 11.6 Å². The number of fused-ring (bicyclic) bond motifs is 1. The standard InChI is InChI=1S/C16H12F3NO2S/c1-9-2-3-13-12(4-9)10(8-22-13)5-11(21)6-15-20-7-14(23-15)16(17,18)19/h2-4,7-8H,5-6H2,1H3. The Morgan fingerprint density at radius 1 is 1.30 bits per heavy atom. The Labute approximate surface area is 133 Å². The number of hydrogen-bond donors (Lipinski definition) is 0. The summed E-state index contributed by atoms with van der Waals surface area (Å²) in [4.78, 5) is 15.0. The SMILES string of the molecule is Cc1ccc2occ(CC(=O)Cc3ncc(C(F)(F)F)s3)c2c1. The van der Waals surface area contributed by atoms with Crippen molar-refractivity contribution < 1.29 is 22.4 Å². The Kier molecular flexibility index (Phi) is 3.97. The number of thiazole rings is 1. The molecule has 0 saturated carbocycles. The zero-order valence-corrected chi connectivity index (χ0v) is 12.9. The fourth-order valence-corrected chi connectivity index (χ4v) is 3.11. The van der Waals surface area contributed by atoms with Crippen LogP contribution in [0.4, 0.5) is 13.2 Å². The molecular formula is C16H12F3NO2S. The summed E-state index contributed by atoms with van der Waals surface area (Å²) in [7, 11) is 0. The van der Waals surface area contributed by atoms with E-state index < -0.39 is 11.1 Å². The summed E-state index contributed by atoms with van der Waals surface area (Å²) in [5.74, 6) is -0.197. The summed E-state index contributed by atoms with van der Waals surface area (Å²) in [6.45, 7) is 1.94. The van der Waals surface area contributed by atoms with Crippen molar-refractivity contribution in [1.29, 1.82) is 0 Å². The number of nitrogens with zero attached hydrogens (tertiary/aromatic N) is 1. The van der Waals surface area contributed by atoms with Crippen LogP contribution in [-0.2, 0) is 23.8 Å². The zero-order chi connectivity index (χ0) is 16.6. The number of alkyl halides is 3. The minimum absolute atomic E-state index is 0.109. The highest BCUT2D eigenvalue weighted by Gasteiger charge is 2.33. The highest BCUT2D eigenvalue weighted by Crippen LogP contribution is 2.33. The molecule has 0 amide bonds. The number of benzene rings is 1. The molecule has 0 bridgehead atoms. The highest BCUT2D eigenvalue weighted by molar-refractivity contribution is 7.11. The first-order chi connectivity index (χ1) is 10.8. The molecule has 2 heterocycles. The van der Waals surface area contributed by atoms with E-state index in [1.165, 1.54) is 6.26 Å². The number of rotatable bonds is 4. The van der Waals surface area contributed by atoms with E-state index in [-0.39, 0.29) is 23.6 Å². The summed E-state index contributed by atoms with van der Waals surface area (Å²) in [6, 6.07) is 5.66. The van der Waals surface area contributed by atoms with E-state index >= 15 is 0 Å². The summed E-state index contributed by atoms with van der Waals surface area (Å²) < 4.78 is 43.0. The topological polar surface area (TPSA) is 43.1 Å². The normalized spacial score (nSPS) is 12.0. The lowest BCUT2D eigenvalue weighted by molar-refractivity contribution is -0.134. The molecule has 0 aliphatic carbocycles. The van der Waals surface area contributed by atoms with Crippen LogP contribution in [0.3, 0.4) is 0 Å². The van der Waals surface area contributed by atoms with E-state index in [9.17, 15) is 18.0 Å². The minimum atomic E-state index is -4.42. The molecule has 0 unspecified atom stereocenters. The predicted octanol–water partition coefficient (Wildman–Crippen LogP) is 4.57. The number of hydrogen-bond acceptors (Lipinski definition) is 4. The van der Waals surface area contributed by atoms with E-state index in [0.29, 0.717) is 16.9 Å². The van der Waals surface area contributed by atoms with Crippen molar-refractivity contribution in [2.24, 2.45) is 0 Å². The van der Waals surface area contributed by atoms with Crippen molar-refractivity contribution in [3.8, 4) is 0 Å². The highest BCUT2D eigenvalue weighted by atomic mass is 32.1. The maximum atomic E-state index is 12.5. The van der Waals surface area contributed by atoms with Crippen molar-refractivity contribution in [2.75, 3.05) is 0 Å². The Bertz CT molecular complexity index is 864. The lowest BCUT2D eigenvalue weighted by atomic mass is 10.0. The largest absolute Gasteiger partial charge is 0.464 e. The molecule has 23 heavy (non-hydrogen) atoms. The molecule has 0 N–H and O–H groups in total. The Hall–Kier alpha value is -2.15. The van der Waals surface area contributed by atoms with Crippen molar-refractivity contribution in [2.45, 2.75) is 25.9 Å². The first-order valence-corrected chi connectivity index (χ1v) is 7.65. The van der Waals surface area contributed by atoms with E-state index in [4.69, 9.17) is 4.42 Å². The summed E-state index contributed by atoms with van der Waals surface area (Å²) in [5.41, 5.74) is 2.47. The average Bonchev–Trinajstić information content (AvgIpc) is 3.06. The quantitative estimate of drug-likeness (QED) is 0.699. The second-order valence-electron chi connectivity index (χ2n) is 5.27. The van der Waals surface area contributed by atoms with Gasteiger partial charge in [0.2, 0.25) is 0 Å². The second kappa shape index (κ2) is 5.81. The number of ketones is 1. The maximum absolute atomic E-state index is 12.5. The molecule has 2 aromatic heterocycles. The summed E-state index contributed by atoms with van der Waals surface area (Å²) in [5, 5.41) is 1.03. The first kappa shape index (κ1) is 15.7. The number of carbonyl (C=O) groups is 1. The van der Waals surface area contributed by atoms with Gasteiger partial charge < -0.3 is 4.42 Å². The van der Waals surface area contributed by atoms with Crippen molar-refractivity contribution in [3.05, 3.63) is 51.7 Å². The van der Waals surface area contributed by atoms with E-state index in [1.807, 2.05) is 25.1 Å². The fraction of sp³-hybridized carbons (Fsp3) is 0.250. The van der Waals surface area contributed by atoms with Crippen molar-refractivity contribution >= 4 is 28.1 Å². The van der Waals surface area contributed by atoms with Crippen molar-refractivity contribution in [3.63, 3.8) is 0 Å². The van der Waals surface area contributed by atoms with Crippen LogP contribution in [0.25, 0.3) is 11.0 Å². The zero-order valence-electron chi connectivity index (χ0n) is 12.1. The third-order valence-corrected chi connectivity index (χ3v) is 4.42. The Balaban J connectivity index is 1.74. The van der Waals surface area contributed by atoms with E-state index in [2.05, 4.69) is 4.98 Å². The lowest BCUT2D eigenvalue weighted by Crippen LogP contribution is -2.06. The number of aromatic nitrogens is 1. The van der Waals surface area contributed by atoms with Gasteiger partial charge in [-0.15, -0.1) is 11.3 Å². The minimum Gasteiger partial charge on any atom is -0.464 e. The van der Waals surface area contributed by atoms with Crippen molar-refractivity contribution in [1.82, 2.24) is 4.98 Å². The van der Waals surface area contributed by atoms with Gasteiger partial charge in [-0.2, -0.15) is 13.2 Å². The predicted molar refractivity (Wildman–Crippen MR) is 80.5 cm³/mol. The van der Waals surface area contributed by atoms with Gasteiger partial charge in [0.1, 0.15) is 21.3 Å². The molecule has 3 rings (SSSR count). The third-order valence-electron chi connectivity index (χ3n) is 3.38. The molecule has 0 atom stereocenters. The number of Topliss-reactive ketones (excluding diaryl/α,β-unsaturated/α-hetero) is 1. The molecule has 0 fully saturated rings. The average molecular weight is 339 g/mol. The van der Waals surface area contributed by atoms with Crippen LogP contribution in [-0.4, -0.2) is 10.8 Å². The van der Waals surface area contributed by atoms with E-state index in [0.717, 1.165) is 22.7 Å². The van der Waals surface area contributed by atoms with Gasteiger partial charge in [0.05, 0.1) is 18.9 Å². The molecule has 0 aliphatic rings. The molecule has 1 aromatic carbocycles. The maximum Gasteiger partial charge on any atom is 0.427 e. The monoisotopic (exact) mass is 339 g/mol. The Morgan fingerprint density at radius 3 is 2.78 bits per heavy atom. The van der Waals surface area contributed by atoms with Gasteiger partial charge in [-0.25, -0.2) is 4.98 Å². The summed E-state index contributed by atoms with van der Waals surface area (Å²) in [6.07, 6.45) is -2.14. The van der Waals surface area contributed by atoms with Crippen LogP contribution in [0.5, 0.6) is 0 Å². The molecule has 3 nitrogen and oxygen atoms in total. The molecular weight excluding hydrogens is 327 g/mol. The van der Waals surface area contributed by atoms with Crippen LogP contribution < -0.4 is 0 Å². The van der Waals surface area contributed by atoms with Gasteiger partial charge in [0, 0.05) is 17.4 Å². The van der Waals surface area contributed by atoms with Gasteiger partial charge in [0.15, 0.2) is 0 Å². The molecule has 0 aliphatic heterocycles. The van der Waals surface area contributed by atoms with Gasteiger partial charge in [-0.05, 0) is 19.1 Å². The van der Waals surface area contributed by atoms with Crippen LogP contribution in [0.2, 0.25) is 0 Å². The first-order valence-electron chi connectivity index (χ1n) is 6.83. The molecule has 0 saturated heterocycles. The van der Waals surface area contributed by atoms with Crippen LogP contribution in [0.1, 0.15) is 21.0 Å². The number of aryl methyl sites for hydroxylation is 1. The van der Waals surface area contributed by atoms with Crippen LogP contribution >= 0.6 is 11.3 Å². The Morgan fingerprint density at radius 2 is 2.09 bits per heavy atom. The third kappa shape index (κ3) is 3.44. The molecule has 7 heteroatoms. The van der Waals surface area contributed by atoms with Gasteiger partial charge in [0.25, 0.3) is 0 Å². The smallest absolute Gasteiger partial charge is 0.427 e. The van der Waals surface area contributed by atoms with Gasteiger partial charge >= 0.3 is 6.18 Å².